The highest BCUT2D eigenvalue weighted by molar-refractivity contribution is 5.73. The van der Waals surface area contributed by atoms with E-state index in [2.05, 4.69) is 10.6 Å². The van der Waals surface area contributed by atoms with Crippen LogP contribution in [0.3, 0.4) is 0 Å². The Bertz CT molecular complexity index is 366. The fourth-order valence-electron chi connectivity index (χ4n) is 1.29. The summed E-state index contributed by atoms with van der Waals surface area (Å²) in [5, 5.41) is 5.23. The van der Waals surface area contributed by atoms with Crippen LogP contribution in [0.2, 0.25) is 0 Å². The largest absolute Gasteiger partial charge is 0.354 e. The fraction of sp³-hybridized carbons (Fsp3) is 0.417. The van der Waals surface area contributed by atoms with Gasteiger partial charge in [-0.3, -0.25) is 0 Å². The van der Waals surface area contributed by atoms with Gasteiger partial charge < -0.3 is 20.1 Å². The van der Waals surface area contributed by atoms with E-state index in [1.54, 1.807) is 12.1 Å². The highest BCUT2D eigenvalue weighted by Gasteiger charge is 2.07. The van der Waals surface area contributed by atoms with Crippen LogP contribution in [-0.4, -0.2) is 33.1 Å². The van der Waals surface area contributed by atoms with E-state index in [1.807, 2.05) is 0 Å². The van der Waals surface area contributed by atoms with E-state index in [0.717, 1.165) is 5.56 Å². The molecule has 6 heteroatoms. The molecular weight excluding hydrogens is 239 g/mol. The van der Waals surface area contributed by atoms with Crippen LogP contribution in [0.1, 0.15) is 5.56 Å². The van der Waals surface area contributed by atoms with Crippen LogP contribution < -0.4 is 10.6 Å². The first-order valence-corrected chi connectivity index (χ1v) is 5.47. The van der Waals surface area contributed by atoms with Crippen LogP contribution in [0.15, 0.2) is 24.3 Å². The van der Waals surface area contributed by atoms with Gasteiger partial charge in [0.2, 0.25) is 0 Å². The van der Waals surface area contributed by atoms with Crippen molar-refractivity contribution in [3.63, 3.8) is 0 Å². The van der Waals surface area contributed by atoms with Crippen molar-refractivity contribution in [3.05, 3.63) is 35.6 Å². The van der Waals surface area contributed by atoms with E-state index in [0.29, 0.717) is 6.54 Å². The Morgan fingerprint density at radius 2 is 1.83 bits per heavy atom. The number of urea groups is 1. The summed E-state index contributed by atoms with van der Waals surface area (Å²) in [6.45, 7) is 0.582. The number of hydrogen-bond donors (Lipinski definition) is 2. The Morgan fingerprint density at radius 1 is 1.22 bits per heavy atom. The molecule has 0 radical (unpaired) electrons. The van der Waals surface area contributed by atoms with Crippen molar-refractivity contribution >= 4 is 6.03 Å². The SMILES string of the molecule is COC(CNC(=O)NCc1ccc(F)cc1)OC. The van der Waals surface area contributed by atoms with Crippen molar-refractivity contribution < 1.29 is 18.7 Å². The summed E-state index contributed by atoms with van der Waals surface area (Å²) >= 11 is 0. The van der Waals surface area contributed by atoms with E-state index in [1.165, 1.54) is 26.4 Å². The number of nitrogens with one attached hydrogen (secondary N) is 2. The molecule has 2 N–H and O–H groups in total. The highest BCUT2D eigenvalue weighted by atomic mass is 19.1. The van der Waals surface area contributed by atoms with Crippen molar-refractivity contribution in [1.29, 1.82) is 0 Å². The molecule has 0 aliphatic heterocycles. The average Bonchev–Trinajstić information content (AvgIpc) is 2.39. The van der Waals surface area contributed by atoms with Gasteiger partial charge in [-0.15, -0.1) is 0 Å². The Labute approximate surface area is 105 Å². The van der Waals surface area contributed by atoms with Crippen molar-refractivity contribution in [2.45, 2.75) is 12.8 Å². The highest BCUT2D eigenvalue weighted by Crippen LogP contribution is 2.01. The number of ether oxygens (including phenoxy) is 2. The molecule has 1 rings (SSSR count). The molecule has 18 heavy (non-hydrogen) atoms. The summed E-state index contributed by atoms with van der Waals surface area (Å²) < 4.78 is 22.5. The molecule has 2 amide bonds. The van der Waals surface area contributed by atoms with Gasteiger partial charge in [-0.2, -0.15) is 0 Å². The zero-order valence-corrected chi connectivity index (χ0v) is 10.4. The first-order valence-electron chi connectivity index (χ1n) is 5.47. The molecule has 1 aromatic rings. The molecule has 0 saturated heterocycles. The molecule has 5 nitrogen and oxygen atoms in total. The lowest BCUT2D eigenvalue weighted by Gasteiger charge is -2.14. The van der Waals surface area contributed by atoms with Crippen LogP contribution in [0, 0.1) is 5.82 Å². The van der Waals surface area contributed by atoms with E-state index < -0.39 is 6.29 Å². The number of carbonyl (C=O) groups excluding carboxylic acids is 1. The normalized spacial score (nSPS) is 10.4. The van der Waals surface area contributed by atoms with Gasteiger partial charge in [0, 0.05) is 20.8 Å². The van der Waals surface area contributed by atoms with Crippen molar-refractivity contribution in [1.82, 2.24) is 10.6 Å². The second kappa shape index (κ2) is 7.62. The summed E-state index contributed by atoms with van der Waals surface area (Å²) in [4.78, 5) is 11.4. The second-order valence-corrected chi connectivity index (χ2v) is 3.59. The van der Waals surface area contributed by atoms with Crippen LogP contribution in [0.25, 0.3) is 0 Å². The lowest BCUT2D eigenvalue weighted by Crippen LogP contribution is -2.40. The molecule has 0 fully saturated rings. The summed E-state index contributed by atoms with van der Waals surface area (Å²) in [5.74, 6) is -0.300. The van der Waals surface area contributed by atoms with E-state index in [9.17, 15) is 9.18 Å². The van der Waals surface area contributed by atoms with Gasteiger partial charge in [-0.25, -0.2) is 9.18 Å². The molecule has 1 aromatic carbocycles. The lowest BCUT2D eigenvalue weighted by molar-refractivity contribution is -0.0971. The van der Waals surface area contributed by atoms with Crippen molar-refractivity contribution in [3.8, 4) is 0 Å². The molecule has 0 unspecified atom stereocenters. The number of carbonyl (C=O) groups is 1. The van der Waals surface area contributed by atoms with Gasteiger partial charge in [0.1, 0.15) is 5.82 Å². The van der Waals surface area contributed by atoms with Gasteiger partial charge in [0.05, 0.1) is 6.54 Å². The predicted octanol–water partition coefficient (Wildman–Crippen LogP) is 1.24. The fourth-order valence-corrected chi connectivity index (χ4v) is 1.29. The van der Waals surface area contributed by atoms with Crippen molar-refractivity contribution in [2.75, 3.05) is 20.8 Å². The third-order valence-electron chi connectivity index (χ3n) is 2.32. The van der Waals surface area contributed by atoms with Crippen LogP contribution in [0.5, 0.6) is 0 Å². The summed E-state index contributed by atoms with van der Waals surface area (Å²) in [6.07, 6.45) is -0.471. The smallest absolute Gasteiger partial charge is 0.315 e. The molecule has 100 valence electrons. The summed E-state index contributed by atoms with van der Waals surface area (Å²) in [7, 11) is 2.98. The van der Waals surface area contributed by atoms with Crippen molar-refractivity contribution in [2.24, 2.45) is 0 Å². The van der Waals surface area contributed by atoms with E-state index in [4.69, 9.17) is 9.47 Å². The first kappa shape index (κ1) is 14.4. The monoisotopic (exact) mass is 256 g/mol. The topological polar surface area (TPSA) is 59.6 Å². The second-order valence-electron chi connectivity index (χ2n) is 3.59. The van der Waals surface area contributed by atoms with E-state index >= 15 is 0 Å². The van der Waals surface area contributed by atoms with Gasteiger partial charge >= 0.3 is 6.03 Å². The van der Waals surface area contributed by atoms with Crippen LogP contribution in [-0.2, 0) is 16.0 Å². The average molecular weight is 256 g/mol. The molecule has 0 spiro atoms. The van der Waals surface area contributed by atoms with Gasteiger partial charge in [-0.05, 0) is 17.7 Å². The van der Waals surface area contributed by atoms with Crippen LogP contribution >= 0.6 is 0 Å². The number of halogens is 1. The predicted molar refractivity (Wildman–Crippen MR) is 64.4 cm³/mol. The number of rotatable bonds is 6. The van der Waals surface area contributed by atoms with Gasteiger partial charge in [-0.1, -0.05) is 12.1 Å². The zero-order chi connectivity index (χ0) is 13.4. The Hall–Kier alpha value is -1.66. The minimum absolute atomic E-state index is 0.252. The molecule has 0 atom stereocenters. The molecule has 0 bridgehead atoms. The molecule has 0 aliphatic rings. The quantitative estimate of drug-likeness (QED) is 0.753. The summed E-state index contributed by atoms with van der Waals surface area (Å²) in [5.41, 5.74) is 0.821. The third-order valence-corrected chi connectivity index (χ3v) is 2.32. The minimum atomic E-state index is -0.471. The molecular formula is C12H17FN2O3. The standard InChI is InChI=1S/C12H17FN2O3/c1-17-11(18-2)8-15-12(16)14-7-9-3-5-10(13)6-4-9/h3-6,11H,7-8H2,1-2H3,(H2,14,15,16). The number of methoxy groups -OCH3 is 2. The molecule has 0 saturated carbocycles. The van der Waals surface area contributed by atoms with E-state index in [-0.39, 0.29) is 18.4 Å². The molecule has 0 aliphatic carbocycles. The maximum absolute atomic E-state index is 12.6. The lowest BCUT2D eigenvalue weighted by atomic mass is 10.2. The maximum Gasteiger partial charge on any atom is 0.315 e. The maximum atomic E-state index is 12.6. The first-order chi connectivity index (χ1) is 8.65. The Balaban J connectivity index is 2.26. The van der Waals surface area contributed by atoms with Gasteiger partial charge in [0.25, 0.3) is 0 Å². The number of hydrogen-bond acceptors (Lipinski definition) is 3. The van der Waals surface area contributed by atoms with Crippen LogP contribution in [0.4, 0.5) is 9.18 Å². The number of amides is 2. The zero-order valence-electron chi connectivity index (χ0n) is 10.4. The third kappa shape index (κ3) is 5.11. The Morgan fingerprint density at radius 3 is 2.39 bits per heavy atom. The van der Waals surface area contributed by atoms with Gasteiger partial charge in [0.15, 0.2) is 6.29 Å². The Kier molecular flexibility index (Phi) is 6.10. The molecule has 0 aromatic heterocycles. The number of benzene rings is 1. The minimum Gasteiger partial charge on any atom is -0.354 e. The summed E-state index contributed by atoms with van der Waals surface area (Å²) in [6, 6.07) is 5.59. The molecule has 0 heterocycles.